The highest BCUT2D eigenvalue weighted by molar-refractivity contribution is 6.39. The molecule has 0 aromatic rings. The number of esters is 1. The average Bonchev–Trinajstić information content (AvgIpc) is 3.18. The average molecular weight is 788 g/mol. The van der Waals surface area contributed by atoms with E-state index in [9.17, 15) is 29.7 Å². The maximum absolute atomic E-state index is 14.3. The molecule has 2 bridgehead atoms. The van der Waals surface area contributed by atoms with Crippen LogP contribution in [-0.4, -0.2) is 120 Å². The maximum atomic E-state index is 14.3. The largest absolute Gasteiger partial charge is 0.456 e. The number of ketones is 1. The van der Waals surface area contributed by atoms with E-state index in [-0.39, 0.29) is 49.2 Å². The number of cyclic esters (lactones) is 1. The fourth-order valence-corrected chi connectivity index (χ4v) is 9.26. The number of nitrogens with zero attached hydrogens (tertiary/aromatic N) is 1. The first-order valence-electron chi connectivity index (χ1n) is 20.6. The molecule has 1 aliphatic carbocycles. The summed E-state index contributed by atoms with van der Waals surface area (Å²) in [6.07, 6.45) is 10.5. The number of aliphatic hydroxyl groups is 3. The Hall–Kier alpha value is -2.71. The molecule has 12 nitrogen and oxygen atoms in total. The number of hydrogen-bond acceptors (Lipinski definition) is 11. The van der Waals surface area contributed by atoms with Crippen LogP contribution in [0, 0.1) is 29.6 Å². The van der Waals surface area contributed by atoms with E-state index in [4.69, 9.17) is 23.7 Å². The Morgan fingerprint density at radius 2 is 1.64 bits per heavy atom. The van der Waals surface area contributed by atoms with Gasteiger partial charge in [-0.15, -0.1) is 6.58 Å². The zero-order valence-electron chi connectivity index (χ0n) is 34.9. The number of fused-ring (bicyclic) bond motifs is 3. The molecule has 56 heavy (non-hydrogen) atoms. The van der Waals surface area contributed by atoms with Crippen molar-refractivity contribution in [1.29, 1.82) is 0 Å². The molecular formula is C44H69NO11. The molecule has 3 heterocycles. The van der Waals surface area contributed by atoms with Gasteiger partial charge in [-0.3, -0.25) is 9.59 Å². The summed E-state index contributed by atoms with van der Waals surface area (Å²) in [5.74, 6) is -6.53. The quantitative estimate of drug-likeness (QED) is 0.176. The van der Waals surface area contributed by atoms with Crippen LogP contribution in [0.25, 0.3) is 0 Å². The van der Waals surface area contributed by atoms with Crippen molar-refractivity contribution < 1.29 is 53.4 Å². The molecule has 3 fully saturated rings. The van der Waals surface area contributed by atoms with Gasteiger partial charge in [-0.25, -0.2) is 4.79 Å². The molecule has 14 atom stereocenters. The van der Waals surface area contributed by atoms with Gasteiger partial charge in [0.2, 0.25) is 5.79 Å². The van der Waals surface area contributed by atoms with Crippen LogP contribution in [0.3, 0.4) is 0 Å². The normalized spacial score (nSPS) is 40.8. The molecule has 4 rings (SSSR count). The number of Topliss-reactive ketones (excluding diaryl/α,β-unsaturated/α-hetero) is 1. The first kappa shape index (κ1) is 46.0. The van der Waals surface area contributed by atoms with Crippen molar-refractivity contribution in [2.24, 2.45) is 29.6 Å². The molecule has 1 amide bonds. The third-order valence-electron chi connectivity index (χ3n) is 12.5. The Labute approximate surface area is 334 Å². The second kappa shape index (κ2) is 20.8. The molecule has 0 aromatic carbocycles. The third kappa shape index (κ3) is 11.1. The van der Waals surface area contributed by atoms with Crippen molar-refractivity contribution in [3.8, 4) is 0 Å². The Kier molecular flexibility index (Phi) is 17.1. The smallest absolute Gasteiger partial charge is 0.329 e. The van der Waals surface area contributed by atoms with E-state index in [0.29, 0.717) is 44.9 Å². The molecule has 3 N–H and O–H groups in total. The van der Waals surface area contributed by atoms with Crippen molar-refractivity contribution in [3.63, 3.8) is 0 Å². The maximum Gasteiger partial charge on any atom is 0.329 e. The summed E-state index contributed by atoms with van der Waals surface area (Å²) in [7, 11) is 4.69. The van der Waals surface area contributed by atoms with Gasteiger partial charge in [-0.2, -0.15) is 0 Å². The second-order valence-corrected chi connectivity index (χ2v) is 17.0. The van der Waals surface area contributed by atoms with Crippen molar-refractivity contribution in [3.05, 3.63) is 48.1 Å². The summed E-state index contributed by atoms with van der Waals surface area (Å²) in [5.41, 5.74) is 1.86. The molecule has 14 unspecified atom stereocenters. The minimum Gasteiger partial charge on any atom is -0.456 e. The van der Waals surface area contributed by atoms with Crippen LogP contribution in [0.5, 0.6) is 0 Å². The summed E-state index contributed by atoms with van der Waals surface area (Å²) in [6, 6.07) is -1.06. The number of amides is 1. The van der Waals surface area contributed by atoms with Crippen LogP contribution in [0.2, 0.25) is 0 Å². The lowest BCUT2D eigenvalue weighted by Crippen LogP contribution is -2.64. The van der Waals surface area contributed by atoms with E-state index in [2.05, 4.69) is 25.7 Å². The fourth-order valence-electron chi connectivity index (χ4n) is 9.26. The van der Waals surface area contributed by atoms with Gasteiger partial charge in [0.05, 0.1) is 30.5 Å². The van der Waals surface area contributed by atoms with Gasteiger partial charge in [0.25, 0.3) is 11.7 Å². The standard InChI is InChI=1S/C44H69NO11/c1-10-13-32-21-26(2)20-27(3)22-37(53-8)40-38(54-9)24-30(6)44(51,56-40)41(48)42(49)45-19-12-11-14-33(45)43(50)55-39(28(4)15-17-34(32)46)29(5)23-31-16-18-35(47)36(25-31)52-7/h10,15,17,21,23,27-28,30-40,46-47,51H,1,11-14,16,18-20,22,24-25H2,2-9H3/b17-15-,26-21?,29-23?. The lowest BCUT2D eigenvalue weighted by molar-refractivity contribution is -0.302. The zero-order chi connectivity index (χ0) is 41.3. The van der Waals surface area contributed by atoms with E-state index in [0.717, 1.165) is 17.6 Å². The van der Waals surface area contributed by atoms with Gasteiger partial charge in [0, 0.05) is 45.6 Å². The Bertz CT molecular complexity index is 1440. The lowest BCUT2D eigenvalue weighted by atomic mass is 9.82. The molecule has 0 spiro atoms. The highest BCUT2D eigenvalue weighted by Gasteiger charge is 2.56. The minimum atomic E-state index is -2.47. The number of carbonyl (C=O) groups is 3. The fraction of sp³-hybridized carbons (Fsp3) is 0.750. The highest BCUT2D eigenvalue weighted by atomic mass is 16.7. The number of ether oxygens (including phenoxy) is 5. The predicted octanol–water partition coefficient (Wildman–Crippen LogP) is 5.24. The molecule has 316 valence electrons. The number of rotatable bonds is 7. The van der Waals surface area contributed by atoms with E-state index < -0.39 is 72.0 Å². The summed E-state index contributed by atoms with van der Waals surface area (Å²) in [6.45, 7) is 13.7. The predicted molar refractivity (Wildman–Crippen MR) is 212 cm³/mol. The van der Waals surface area contributed by atoms with E-state index in [1.54, 1.807) is 40.4 Å². The number of piperidine rings is 1. The molecule has 0 radical (unpaired) electrons. The van der Waals surface area contributed by atoms with Gasteiger partial charge >= 0.3 is 5.97 Å². The lowest BCUT2D eigenvalue weighted by Gasteiger charge is -2.47. The van der Waals surface area contributed by atoms with E-state index in [1.807, 2.05) is 26.8 Å². The number of allylic oxidation sites excluding steroid dienone is 3. The summed E-state index contributed by atoms with van der Waals surface area (Å²) in [4.78, 5) is 43.9. The summed E-state index contributed by atoms with van der Waals surface area (Å²) < 4.78 is 29.9. The van der Waals surface area contributed by atoms with E-state index >= 15 is 0 Å². The first-order chi connectivity index (χ1) is 26.6. The van der Waals surface area contributed by atoms with Crippen molar-refractivity contribution in [2.45, 2.75) is 153 Å². The topological polar surface area (TPSA) is 161 Å². The van der Waals surface area contributed by atoms with Gasteiger partial charge in [-0.05, 0) is 95.5 Å². The first-order valence-corrected chi connectivity index (χ1v) is 20.6. The van der Waals surface area contributed by atoms with Crippen LogP contribution in [0.15, 0.2) is 48.1 Å². The van der Waals surface area contributed by atoms with Crippen LogP contribution in [0.4, 0.5) is 0 Å². The number of carbonyl (C=O) groups excluding carboxylic acids is 3. The summed E-state index contributed by atoms with van der Waals surface area (Å²) >= 11 is 0. The third-order valence-corrected chi connectivity index (χ3v) is 12.5. The van der Waals surface area contributed by atoms with Crippen molar-refractivity contribution in [2.75, 3.05) is 27.9 Å². The van der Waals surface area contributed by atoms with Gasteiger partial charge in [-0.1, -0.05) is 56.7 Å². The number of methoxy groups -OCH3 is 3. The summed E-state index contributed by atoms with van der Waals surface area (Å²) in [5, 5.41) is 34.0. The molecule has 1 saturated carbocycles. The van der Waals surface area contributed by atoms with Crippen molar-refractivity contribution >= 4 is 17.7 Å². The minimum absolute atomic E-state index is 0.0734. The van der Waals surface area contributed by atoms with Crippen LogP contribution >= 0.6 is 0 Å². The van der Waals surface area contributed by atoms with Crippen LogP contribution < -0.4 is 0 Å². The SMILES string of the molecule is C=CCC1C=C(C)CC(C)CC(OC)C2OC(O)(C(=O)C(=O)N3CCCCC3C(=O)OC(C(C)=CC3CCC(O)C(OC)C3)C(C)/C=C\C1O)C(C)CC2OC. The Balaban J connectivity index is 1.77. The molecular weight excluding hydrogens is 718 g/mol. The molecule has 4 aliphatic rings. The number of aliphatic hydroxyl groups excluding tert-OH is 2. The van der Waals surface area contributed by atoms with Crippen molar-refractivity contribution in [1.82, 2.24) is 4.90 Å². The van der Waals surface area contributed by atoms with Gasteiger partial charge in [0.15, 0.2) is 0 Å². The zero-order valence-corrected chi connectivity index (χ0v) is 34.9. The van der Waals surface area contributed by atoms with Gasteiger partial charge in [0.1, 0.15) is 18.2 Å². The highest BCUT2D eigenvalue weighted by Crippen LogP contribution is 2.39. The number of hydrogen-bond donors (Lipinski definition) is 3. The Morgan fingerprint density at radius 1 is 0.964 bits per heavy atom. The molecule has 12 heteroatoms. The van der Waals surface area contributed by atoms with E-state index in [1.165, 1.54) is 4.90 Å². The Morgan fingerprint density at radius 3 is 2.30 bits per heavy atom. The molecule has 0 aromatic heterocycles. The molecule has 3 aliphatic heterocycles. The van der Waals surface area contributed by atoms with Gasteiger partial charge < -0.3 is 43.9 Å². The molecule has 2 saturated heterocycles. The van der Waals surface area contributed by atoms with Crippen LogP contribution in [-0.2, 0) is 38.1 Å². The monoisotopic (exact) mass is 787 g/mol. The van der Waals surface area contributed by atoms with Crippen LogP contribution in [0.1, 0.15) is 98.8 Å². The second-order valence-electron chi connectivity index (χ2n) is 17.0.